The number of sulfone groups is 1. The molecule has 1 aliphatic carbocycles. The Kier molecular flexibility index (Phi) is 5.41. The van der Waals surface area contributed by atoms with E-state index < -0.39 is 9.84 Å². The SMILES string of the molecule is CS(=O)(=O)CCCn1c(Cn2c(=O)n(C3CC3)c3ccc(F)cc32)cc2cc(CN)ccc21. The standard InChI is InChI=1S/C24H27FN4O3S/c1-33(31,32)10-2-9-27-20(12-17-11-16(14-26)3-7-21(17)27)15-28-23-13-18(25)4-8-22(23)29(24(28)30)19-5-6-19/h3-4,7-8,11-13,19H,2,5-6,9-10,14-15,26H2,1H3. The predicted molar refractivity (Wildman–Crippen MR) is 128 cm³/mol. The highest BCUT2D eigenvalue weighted by molar-refractivity contribution is 7.90. The Bertz CT molecular complexity index is 1530. The van der Waals surface area contributed by atoms with Crippen LogP contribution in [-0.2, 0) is 29.5 Å². The highest BCUT2D eigenvalue weighted by atomic mass is 32.2. The fourth-order valence-corrected chi connectivity index (χ4v) is 5.29. The van der Waals surface area contributed by atoms with E-state index in [-0.39, 0.29) is 29.8 Å². The lowest BCUT2D eigenvalue weighted by Crippen LogP contribution is -2.25. The fourth-order valence-electron chi connectivity index (χ4n) is 4.64. The van der Waals surface area contributed by atoms with E-state index in [0.29, 0.717) is 25.0 Å². The average molecular weight is 471 g/mol. The van der Waals surface area contributed by atoms with Gasteiger partial charge in [-0.1, -0.05) is 6.07 Å². The quantitative estimate of drug-likeness (QED) is 0.428. The van der Waals surface area contributed by atoms with Crippen LogP contribution in [0.25, 0.3) is 21.9 Å². The maximum atomic E-state index is 14.1. The minimum Gasteiger partial charge on any atom is -0.343 e. The van der Waals surface area contributed by atoms with Gasteiger partial charge in [0.2, 0.25) is 0 Å². The molecule has 0 saturated heterocycles. The van der Waals surface area contributed by atoms with E-state index >= 15 is 0 Å². The average Bonchev–Trinajstić information content (AvgIpc) is 3.49. The third kappa shape index (κ3) is 4.22. The van der Waals surface area contributed by atoms with E-state index in [4.69, 9.17) is 5.73 Å². The van der Waals surface area contributed by atoms with E-state index in [1.165, 1.54) is 18.4 Å². The van der Waals surface area contributed by atoms with Crippen LogP contribution in [-0.4, -0.2) is 34.1 Å². The van der Waals surface area contributed by atoms with Crippen molar-refractivity contribution in [3.63, 3.8) is 0 Å². The lowest BCUT2D eigenvalue weighted by Gasteiger charge is -2.12. The van der Waals surface area contributed by atoms with Gasteiger partial charge >= 0.3 is 5.69 Å². The molecule has 0 amide bonds. The third-order valence-electron chi connectivity index (χ3n) is 6.34. The molecular formula is C24H27FN4O3S. The zero-order valence-electron chi connectivity index (χ0n) is 18.5. The summed E-state index contributed by atoms with van der Waals surface area (Å²) in [6.07, 6.45) is 3.59. The number of aromatic nitrogens is 3. The number of imidazole rings is 1. The molecule has 0 bridgehead atoms. The number of nitrogens with two attached hydrogens (primary N) is 1. The van der Waals surface area contributed by atoms with Gasteiger partial charge in [-0.2, -0.15) is 0 Å². The normalized spacial score (nSPS) is 14.5. The van der Waals surface area contributed by atoms with Crippen LogP contribution in [0.3, 0.4) is 0 Å². The molecule has 2 heterocycles. The highest BCUT2D eigenvalue weighted by Gasteiger charge is 2.29. The van der Waals surface area contributed by atoms with Crippen molar-refractivity contribution < 1.29 is 12.8 Å². The Balaban J connectivity index is 1.62. The summed E-state index contributed by atoms with van der Waals surface area (Å²) >= 11 is 0. The molecule has 1 saturated carbocycles. The molecular weight excluding hydrogens is 443 g/mol. The number of benzene rings is 2. The zero-order valence-corrected chi connectivity index (χ0v) is 19.3. The Hall–Kier alpha value is -2.91. The summed E-state index contributed by atoms with van der Waals surface area (Å²) in [6, 6.07) is 12.6. The monoisotopic (exact) mass is 470 g/mol. The molecule has 1 fully saturated rings. The van der Waals surface area contributed by atoms with Crippen molar-refractivity contribution in [3.8, 4) is 0 Å². The summed E-state index contributed by atoms with van der Waals surface area (Å²) in [4.78, 5) is 13.4. The molecule has 4 aromatic rings. The molecule has 0 aliphatic heterocycles. The largest absolute Gasteiger partial charge is 0.343 e. The molecule has 2 aromatic carbocycles. The molecule has 0 unspecified atom stereocenters. The topological polar surface area (TPSA) is 92.0 Å². The summed E-state index contributed by atoms with van der Waals surface area (Å²) in [5.41, 5.74) is 9.81. The summed E-state index contributed by atoms with van der Waals surface area (Å²) in [7, 11) is -3.08. The molecule has 0 atom stereocenters. The number of nitrogens with zero attached hydrogens (tertiary/aromatic N) is 3. The molecule has 174 valence electrons. The molecule has 5 rings (SSSR count). The van der Waals surface area contributed by atoms with Crippen LogP contribution in [0.5, 0.6) is 0 Å². The molecule has 1 aliphatic rings. The summed E-state index contributed by atoms with van der Waals surface area (Å²) < 4.78 is 42.9. The van der Waals surface area contributed by atoms with Gasteiger partial charge in [0.25, 0.3) is 0 Å². The Morgan fingerprint density at radius 1 is 1.03 bits per heavy atom. The Morgan fingerprint density at radius 3 is 2.48 bits per heavy atom. The van der Waals surface area contributed by atoms with Crippen molar-refractivity contribution >= 4 is 31.8 Å². The van der Waals surface area contributed by atoms with Gasteiger partial charge < -0.3 is 10.3 Å². The van der Waals surface area contributed by atoms with Gasteiger partial charge in [0.1, 0.15) is 15.7 Å². The van der Waals surface area contributed by atoms with Crippen molar-refractivity contribution in [3.05, 3.63) is 70.0 Å². The minimum atomic E-state index is -3.08. The fraction of sp³-hybridized carbons (Fsp3) is 0.375. The van der Waals surface area contributed by atoms with Crippen LogP contribution in [0.2, 0.25) is 0 Å². The molecule has 2 aromatic heterocycles. The third-order valence-corrected chi connectivity index (χ3v) is 7.37. The van der Waals surface area contributed by atoms with E-state index in [9.17, 15) is 17.6 Å². The van der Waals surface area contributed by atoms with Crippen LogP contribution in [0.15, 0.2) is 47.3 Å². The first-order valence-electron chi connectivity index (χ1n) is 11.1. The zero-order chi connectivity index (χ0) is 23.3. The first kappa shape index (κ1) is 21.9. The van der Waals surface area contributed by atoms with Crippen molar-refractivity contribution in [1.29, 1.82) is 0 Å². The van der Waals surface area contributed by atoms with Gasteiger partial charge in [0.05, 0.1) is 23.3 Å². The first-order valence-corrected chi connectivity index (χ1v) is 13.2. The van der Waals surface area contributed by atoms with Gasteiger partial charge in [0.15, 0.2) is 0 Å². The van der Waals surface area contributed by atoms with Crippen molar-refractivity contribution in [2.45, 2.75) is 44.9 Å². The number of aryl methyl sites for hydroxylation is 1. The number of fused-ring (bicyclic) bond motifs is 2. The van der Waals surface area contributed by atoms with Gasteiger partial charge in [0, 0.05) is 42.0 Å². The van der Waals surface area contributed by atoms with Gasteiger partial charge in [-0.25, -0.2) is 17.6 Å². The van der Waals surface area contributed by atoms with Crippen LogP contribution in [0.4, 0.5) is 4.39 Å². The Labute approximate surface area is 191 Å². The molecule has 2 N–H and O–H groups in total. The molecule has 33 heavy (non-hydrogen) atoms. The van der Waals surface area contributed by atoms with Crippen molar-refractivity contribution in [2.75, 3.05) is 12.0 Å². The van der Waals surface area contributed by atoms with Gasteiger partial charge in [-0.05, 0) is 61.2 Å². The second-order valence-electron chi connectivity index (χ2n) is 8.97. The van der Waals surface area contributed by atoms with Crippen LogP contribution in [0.1, 0.15) is 36.6 Å². The van der Waals surface area contributed by atoms with Crippen LogP contribution >= 0.6 is 0 Å². The first-order chi connectivity index (χ1) is 15.7. The van der Waals surface area contributed by atoms with Crippen molar-refractivity contribution in [1.82, 2.24) is 13.7 Å². The maximum Gasteiger partial charge on any atom is 0.329 e. The lowest BCUT2D eigenvalue weighted by molar-refractivity contribution is 0.587. The minimum absolute atomic E-state index is 0.0825. The van der Waals surface area contributed by atoms with E-state index in [0.717, 1.165) is 40.5 Å². The molecule has 7 nitrogen and oxygen atoms in total. The molecule has 9 heteroatoms. The smallest absolute Gasteiger partial charge is 0.329 e. The van der Waals surface area contributed by atoms with E-state index in [1.807, 2.05) is 24.3 Å². The van der Waals surface area contributed by atoms with Crippen LogP contribution < -0.4 is 11.4 Å². The number of hydrogen-bond donors (Lipinski definition) is 1. The van der Waals surface area contributed by atoms with Gasteiger partial charge in [-0.3, -0.25) is 9.13 Å². The lowest BCUT2D eigenvalue weighted by atomic mass is 10.1. The second kappa shape index (κ2) is 8.14. The Morgan fingerprint density at radius 2 is 1.79 bits per heavy atom. The number of halogens is 1. The van der Waals surface area contributed by atoms with E-state index in [2.05, 4.69) is 4.57 Å². The second-order valence-corrected chi connectivity index (χ2v) is 11.2. The van der Waals surface area contributed by atoms with Crippen molar-refractivity contribution in [2.24, 2.45) is 5.73 Å². The summed E-state index contributed by atoms with van der Waals surface area (Å²) in [5.74, 6) is -0.301. The highest BCUT2D eigenvalue weighted by Crippen LogP contribution is 2.36. The molecule has 0 spiro atoms. The predicted octanol–water partition coefficient (Wildman–Crippen LogP) is 3.17. The number of rotatable bonds is 8. The molecule has 0 radical (unpaired) electrons. The van der Waals surface area contributed by atoms with E-state index in [1.54, 1.807) is 15.2 Å². The number of hydrogen-bond acceptors (Lipinski definition) is 4. The van der Waals surface area contributed by atoms with Crippen LogP contribution in [0, 0.1) is 5.82 Å². The van der Waals surface area contributed by atoms with Gasteiger partial charge in [-0.15, -0.1) is 0 Å². The summed E-state index contributed by atoms with van der Waals surface area (Å²) in [6.45, 7) is 1.18. The summed E-state index contributed by atoms with van der Waals surface area (Å²) in [5, 5.41) is 0.984. The maximum absolute atomic E-state index is 14.1.